The van der Waals surface area contributed by atoms with Crippen molar-refractivity contribution in [2.45, 2.75) is 13.0 Å². The fourth-order valence-electron chi connectivity index (χ4n) is 1.67. The zero-order chi connectivity index (χ0) is 11.5. The number of benzene rings is 1. The molecule has 0 aliphatic rings. The Bertz CT molecular complexity index is 570. The molecule has 2 aromatic rings. The van der Waals surface area contributed by atoms with Crippen LogP contribution < -0.4 is 5.32 Å². The Morgan fingerprint density at radius 1 is 1.50 bits per heavy atom. The molecule has 1 amide bonds. The second kappa shape index (κ2) is 4.49. The van der Waals surface area contributed by atoms with E-state index in [9.17, 15) is 4.79 Å². The normalized spacial score (nSPS) is 10.6. The van der Waals surface area contributed by atoms with Crippen LogP contribution in [0.4, 0.5) is 0 Å². The van der Waals surface area contributed by atoms with Gasteiger partial charge >= 0.3 is 0 Å². The van der Waals surface area contributed by atoms with Crippen LogP contribution >= 0.6 is 12.2 Å². The van der Waals surface area contributed by atoms with E-state index < -0.39 is 0 Å². The summed E-state index contributed by atoms with van der Waals surface area (Å²) in [4.78, 5) is 14.3. The number of amides is 1. The van der Waals surface area contributed by atoms with E-state index in [0.717, 1.165) is 11.0 Å². The fourth-order valence-corrected chi connectivity index (χ4v) is 1.97. The number of imidazole rings is 1. The van der Waals surface area contributed by atoms with Gasteiger partial charge in [-0.15, -0.1) is 0 Å². The van der Waals surface area contributed by atoms with Crippen LogP contribution in [0.1, 0.15) is 6.42 Å². The third-order valence-electron chi connectivity index (χ3n) is 2.52. The third kappa shape index (κ3) is 1.99. The lowest BCUT2D eigenvalue weighted by Gasteiger charge is -2.03. The summed E-state index contributed by atoms with van der Waals surface area (Å²) in [7, 11) is 1.64. The summed E-state index contributed by atoms with van der Waals surface area (Å²) >= 11 is 5.22. The fraction of sp³-hybridized carbons (Fsp3) is 0.273. The molecule has 1 aromatic carbocycles. The summed E-state index contributed by atoms with van der Waals surface area (Å²) in [6, 6.07) is 7.88. The zero-order valence-electron chi connectivity index (χ0n) is 8.99. The summed E-state index contributed by atoms with van der Waals surface area (Å²) in [5, 5.41) is 2.60. The van der Waals surface area contributed by atoms with Crippen LogP contribution in [0.2, 0.25) is 0 Å². The number of hydrogen-bond acceptors (Lipinski definition) is 2. The second-order valence-electron chi connectivity index (χ2n) is 3.52. The predicted molar refractivity (Wildman–Crippen MR) is 65.8 cm³/mol. The van der Waals surface area contributed by atoms with Gasteiger partial charge in [-0.1, -0.05) is 12.1 Å². The first-order valence-electron chi connectivity index (χ1n) is 5.10. The number of rotatable bonds is 3. The average Bonchev–Trinajstić information content (AvgIpc) is 2.62. The topological polar surface area (TPSA) is 49.8 Å². The number of carbonyl (C=O) groups excluding carboxylic acids is 1. The Kier molecular flexibility index (Phi) is 3.05. The molecule has 4 nitrogen and oxygen atoms in total. The number of fused-ring (bicyclic) bond motifs is 1. The average molecular weight is 235 g/mol. The van der Waals surface area contributed by atoms with Crippen molar-refractivity contribution in [3.63, 3.8) is 0 Å². The molecule has 0 radical (unpaired) electrons. The second-order valence-corrected chi connectivity index (χ2v) is 3.91. The molecule has 2 N–H and O–H groups in total. The number of aromatic amines is 1. The van der Waals surface area contributed by atoms with Crippen molar-refractivity contribution in [3.05, 3.63) is 29.0 Å². The first kappa shape index (κ1) is 10.9. The SMILES string of the molecule is CNC(=O)CCn1c(=S)[nH]c2ccccc21. The van der Waals surface area contributed by atoms with Gasteiger partial charge in [-0.05, 0) is 24.4 Å². The highest BCUT2D eigenvalue weighted by Gasteiger charge is 2.05. The van der Waals surface area contributed by atoms with E-state index >= 15 is 0 Å². The van der Waals surface area contributed by atoms with Crippen molar-refractivity contribution in [2.75, 3.05) is 7.05 Å². The maximum atomic E-state index is 11.2. The lowest BCUT2D eigenvalue weighted by atomic mass is 10.3. The maximum Gasteiger partial charge on any atom is 0.221 e. The van der Waals surface area contributed by atoms with E-state index in [1.807, 2.05) is 28.8 Å². The molecule has 84 valence electrons. The van der Waals surface area contributed by atoms with Gasteiger partial charge in [0, 0.05) is 20.0 Å². The lowest BCUT2D eigenvalue weighted by molar-refractivity contribution is -0.120. The van der Waals surface area contributed by atoms with E-state index in [4.69, 9.17) is 12.2 Å². The quantitative estimate of drug-likeness (QED) is 0.797. The largest absolute Gasteiger partial charge is 0.359 e. The van der Waals surface area contributed by atoms with Gasteiger partial charge in [-0.25, -0.2) is 0 Å². The minimum atomic E-state index is 0.0205. The molecule has 0 unspecified atom stereocenters. The van der Waals surface area contributed by atoms with Crippen LogP contribution in [0.25, 0.3) is 11.0 Å². The van der Waals surface area contributed by atoms with Crippen LogP contribution in [-0.2, 0) is 11.3 Å². The van der Waals surface area contributed by atoms with Gasteiger partial charge in [-0.2, -0.15) is 0 Å². The monoisotopic (exact) mass is 235 g/mol. The molecule has 0 aliphatic carbocycles. The van der Waals surface area contributed by atoms with Crippen molar-refractivity contribution in [1.29, 1.82) is 0 Å². The summed E-state index contributed by atoms with van der Waals surface area (Å²) < 4.78 is 2.60. The Labute approximate surface area is 98.3 Å². The van der Waals surface area contributed by atoms with Crippen molar-refractivity contribution in [1.82, 2.24) is 14.9 Å². The minimum absolute atomic E-state index is 0.0205. The maximum absolute atomic E-state index is 11.2. The molecule has 1 aromatic heterocycles. The van der Waals surface area contributed by atoms with Gasteiger partial charge in [0.2, 0.25) is 5.91 Å². The first-order valence-corrected chi connectivity index (χ1v) is 5.51. The van der Waals surface area contributed by atoms with E-state index in [1.54, 1.807) is 7.05 Å². The van der Waals surface area contributed by atoms with Gasteiger partial charge in [0.1, 0.15) is 0 Å². The molecule has 2 rings (SSSR count). The zero-order valence-corrected chi connectivity index (χ0v) is 9.80. The molecular weight excluding hydrogens is 222 g/mol. The molecule has 16 heavy (non-hydrogen) atoms. The van der Waals surface area contributed by atoms with E-state index in [2.05, 4.69) is 10.3 Å². The minimum Gasteiger partial charge on any atom is -0.359 e. The van der Waals surface area contributed by atoms with E-state index in [0.29, 0.717) is 17.7 Å². The van der Waals surface area contributed by atoms with Crippen molar-refractivity contribution in [3.8, 4) is 0 Å². The number of aromatic nitrogens is 2. The molecule has 1 heterocycles. The number of nitrogens with one attached hydrogen (secondary N) is 2. The number of aryl methyl sites for hydroxylation is 1. The van der Waals surface area contributed by atoms with Gasteiger partial charge in [-0.3, -0.25) is 4.79 Å². The number of hydrogen-bond donors (Lipinski definition) is 2. The highest BCUT2D eigenvalue weighted by atomic mass is 32.1. The Hall–Kier alpha value is -1.62. The number of carbonyl (C=O) groups is 1. The van der Waals surface area contributed by atoms with Gasteiger partial charge in [0.15, 0.2) is 4.77 Å². The Morgan fingerprint density at radius 3 is 3.00 bits per heavy atom. The molecule has 5 heteroatoms. The molecule has 0 spiro atoms. The Morgan fingerprint density at radius 2 is 2.25 bits per heavy atom. The number of para-hydroxylation sites is 2. The van der Waals surface area contributed by atoms with E-state index in [-0.39, 0.29) is 5.91 Å². The van der Waals surface area contributed by atoms with Crippen molar-refractivity contribution < 1.29 is 4.79 Å². The van der Waals surface area contributed by atoms with Crippen LogP contribution in [-0.4, -0.2) is 22.5 Å². The van der Waals surface area contributed by atoms with Crippen LogP contribution in [0, 0.1) is 4.77 Å². The lowest BCUT2D eigenvalue weighted by Crippen LogP contribution is -2.19. The molecule has 0 atom stereocenters. The van der Waals surface area contributed by atoms with Crippen LogP contribution in [0.3, 0.4) is 0 Å². The summed E-state index contributed by atoms with van der Waals surface area (Å²) in [5.41, 5.74) is 2.04. The van der Waals surface area contributed by atoms with Gasteiger partial charge in [0.05, 0.1) is 11.0 Å². The third-order valence-corrected chi connectivity index (χ3v) is 2.85. The number of nitrogens with zero attached hydrogens (tertiary/aromatic N) is 1. The highest BCUT2D eigenvalue weighted by Crippen LogP contribution is 2.13. The summed E-state index contributed by atoms with van der Waals surface area (Å²) in [6.07, 6.45) is 0.437. The standard InChI is InChI=1S/C11H13N3OS/c1-12-10(15)6-7-14-9-5-3-2-4-8(9)13-11(14)16/h2-5H,6-7H2,1H3,(H,12,15)(H,13,16). The summed E-state index contributed by atoms with van der Waals surface area (Å²) in [6.45, 7) is 0.600. The molecule has 0 fully saturated rings. The smallest absolute Gasteiger partial charge is 0.221 e. The predicted octanol–water partition coefficient (Wildman–Crippen LogP) is 1.83. The molecular formula is C11H13N3OS. The molecule has 0 saturated carbocycles. The Balaban J connectivity index is 2.33. The molecule has 0 bridgehead atoms. The molecule has 0 aliphatic heterocycles. The van der Waals surface area contributed by atoms with Crippen LogP contribution in [0.15, 0.2) is 24.3 Å². The van der Waals surface area contributed by atoms with Crippen molar-refractivity contribution >= 4 is 29.2 Å². The van der Waals surface area contributed by atoms with Gasteiger partial charge in [0.25, 0.3) is 0 Å². The highest BCUT2D eigenvalue weighted by molar-refractivity contribution is 7.71. The number of H-pyrrole nitrogens is 1. The van der Waals surface area contributed by atoms with Crippen LogP contribution in [0.5, 0.6) is 0 Å². The van der Waals surface area contributed by atoms with Gasteiger partial charge < -0.3 is 14.9 Å². The molecule has 0 saturated heterocycles. The van der Waals surface area contributed by atoms with Crippen molar-refractivity contribution in [2.24, 2.45) is 0 Å². The van der Waals surface area contributed by atoms with E-state index in [1.165, 1.54) is 0 Å². The summed E-state index contributed by atoms with van der Waals surface area (Å²) in [5.74, 6) is 0.0205. The first-order chi connectivity index (χ1) is 7.72.